The number of H-pyrrole nitrogens is 1. The third kappa shape index (κ3) is 6.09. The fourth-order valence-electron chi connectivity index (χ4n) is 5.78. The Balaban J connectivity index is 1.74. The van der Waals surface area contributed by atoms with Crippen molar-refractivity contribution in [2.24, 2.45) is 0 Å². The average Bonchev–Trinajstić information content (AvgIpc) is 3.52. The number of aromatic amines is 1. The maximum absolute atomic E-state index is 12.9. The molecular weight excluding hydrogens is 568 g/mol. The summed E-state index contributed by atoms with van der Waals surface area (Å²) >= 11 is 0. The third-order valence-electron chi connectivity index (χ3n) is 7.92. The van der Waals surface area contributed by atoms with E-state index in [2.05, 4.69) is 60.4 Å². The summed E-state index contributed by atoms with van der Waals surface area (Å²) in [6, 6.07) is 4.29. The van der Waals surface area contributed by atoms with Crippen LogP contribution in [0.15, 0.2) is 44.7 Å². The molecule has 4 atom stereocenters. The zero-order valence-corrected chi connectivity index (χ0v) is 26.9. The largest absolute Gasteiger partial charge is 0.457 e. The Hall–Kier alpha value is -2.34. The molecule has 228 valence electrons. The van der Waals surface area contributed by atoms with E-state index >= 15 is 0 Å². The standard InChI is InChI=1S/C27H42N2O10Si2/c1-16(2)40(17(3)4)36-14-21-23(38-41(39-40,18(5)6)19(7)8)24(34-15-35-26(31)20-10-9-13-33-20)25(37-21)29-12-11-22(30)28-27(29)32/h9-13,16-19,21,23-25H,14-15H2,1-8H3,(H,28,30,32)/t21-,23-,24-,25-/m1/s1. The Kier molecular flexibility index (Phi) is 9.63. The molecule has 0 spiro atoms. The quantitative estimate of drug-likeness (QED) is 0.250. The van der Waals surface area contributed by atoms with E-state index in [-0.39, 0.29) is 34.5 Å². The van der Waals surface area contributed by atoms with Crippen molar-refractivity contribution in [3.05, 3.63) is 57.3 Å². The van der Waals surface area contributed by atoms with Crippen molar-refractivity contribution < 1.29 is 36.4 Å². The Morgan fingerprint density at radius 3 is 2.24 bits per heavy atom. The van der Waals surface area contributed by atoms with Crippen LogP contribution >= 0.6 is 0 Å². The highest BCUT2D eigenvalue weighted by Gasteiger charge is 2.62. The molecule has 0 aromatic carbocycles. The molecule has 2 aromatic rings. The molecule has 0 bridgehead atoms. The molecule has 2 fully saturated rings. The van der Waals surface area contributed by atoms with E-state index in [1.54, 1.807) is 6.07 Å². The van der Waals surface area contributed by atoms with Gasteiger partial charge in [0.05, 0.1) is 12.9 Å². The molecule has 12 nitrogen and oxygen atoms in total. The van der Waals surface area contributed by atoms with Crippen LogP contribution in [0.1, 0.15) is 72.2 Å². The van der Waals surface area contributed by atoms with Crippen LogP contribution in [0.2, 0.25) is 22.2 Å². The lowest BCUT2D eigenvalue weighted by Crippen LogP contribution is -2.66. The second-order valence-corrected chi connectivity index (χ2v) is 20.6. The molecule has 4 rings (SSSR count). The third-order valence-corrected chi connectivity index (χ3v) is 18.2. The number of carbonyl (C=O) groups is 1. The van der Waals surface area contributed by atoms with Crippen LogP contribution < -0.4 is 11.2 Å². The van der Waals surface area contributed by atoms with E-state index in [1.807, 2.05) is 0 Å². The first-order valence-electron chi connectivity index (χ1n) is 14.1. The van der Waals surface area contributed by atoms with Gasteiger partial charge in [0, 0.05) is 12.3 Å². The minimum atomic E-state index is -3.06. The molecular formula is C27H42N2O10Si2. The second-order valence-electron chi connectivity index (χ2n) is 11.8. The first-order chi connectivity index (χ1) is 19.3. The number of hydrogen-bond acceptors (Lipinski definition) is 10. The van der Waals surface area contributed by atoms with Crippen LogP contribution in [0, 0.1) is 0 Å². The van der Waals surface area contributed by atoms with Crippen molar-refractivity contribution in [3.8, 4) is 0 Å². The van der Waals surface area contributed by atoms with Crippen molar-refractivity contribution >= 4 is 23.1 Å². The predicted molar refractivity (Wildman–Crippen MR) is 153 cm³/mol. The van der Waals surface area contributed by atoms with Crippen LogP contribution in [0.4, 0.5) is 0 Å². The van der Waals surface area contributed by atoms with Gasteiger partial charge in [0.15, 0.2) is 13.0 Å². The van der Waals surface area contributed by atoms with Gasteiger partial charge in [-0.2, -0.15) is 0 Å². The summed E-state index contributed by atoms with van der Waals surface area (Å²) in [6.07, 6.45) is -0.528. The molecule has 2 aliphatic heterocycles. The average molecular weight is 611 g/mol. The molecule has 0 aliphatic carbocycles. The van der Waals surface area contributed by atoms with Crippen molar-refractivity contribution in [2.75, 3.05) is 13.4 Å². The number of nitrogens with one attached hydrogen (secondary N) is 1. The van der Waals surface area contributed by atoms with E-state index < -0.39 is 65.7 Å². The summed E-state index contributed by atoms with van der Waals surface area (Å²) in [5.74, 6) is -0.674. The van der Waals surface area contributed by atoms with Crippen molar-refractivity contribution in [2.45, 2.75) is 102 Å². The van der Waals surface area contributed by atoms with Gasteiger partial charge in [0.25, 0.3) is 5.56 Å². The van der Waals surface area contributed by atoms with Gasteiger partial charge in [-0.15, -0.1) is 0 Å². The maximum atomic E-state index is 12.9. The minimum absolute atomic E-state index is 0.0289. The molecule has 41 heavy (non-hydrogen) atoms. The van der Waals surface area contributed by atoms with Gasteiger partial charge in [-0.3, -0.25) is 14.3 Å². The molecule has 14 heteroatoms. The molecule has 2 aromatic heterocycles. The Bertz CT molecular complexity index is 1270. The highest BCUT2D eigenvalue weighted by atomic mass is 28.5. The van der Waals surface area contributed by atoms with Gasteiger partial charge < -0.3 is 31.6 Å². The fourth-order valence-corrected chi connectivity index (χ4v) is 17.0. The molecule has 0 unspecified atom stereocenters. The first kappa shape index (κ1) is 31.6. The summed E-state index contributed by atoms with van der Waals surface area (Å²) < 4.78 is 45.4. The van der Waals surface area contributed by atoms with E-state index in [9.17, 15) is 14.4 Å². The number of carbonyl (C=O) groups excluding carboxylic acids is 1. The van der Waals surface area contributed by atoms with Crippen LogP contribution in [-0.4, -0.2) is 64.4 Å². The first-order valence-corrected chi connectivity index (χ1v) is 18.1. The van der Waals surface area contributed by atoms with Gasteiger partial charge in [-0.05, 0) is 34.3 Å². The molecule has 1 N–H and O–H groups in total. The topological polar surface area (TPSA) is 140 Å². The molecule has 2 aliphatic rings. The maximum Gasteiger partial charge on any atom is 0.376 e. The van der Waals surface area contributed by atoms with Crippen LogP contribution in [0.25, 0.3) is 0 Å². The number of aromatic nitrogens is 2. The summed E-state index contributed by atoms with van der Waals surface area (Å²) in [5.41, 5.74) is -0.843. The van der Waals surface area contributed by atoms with Gasteiger partial charge >= 0.3 is 28.8 Å². The lowest BCUT2D eigenvalue weighted by atomic mass is 10.1. The lowest BCUT2D eigenvalue weighted by molar-refractivity contribution is -0.122. The highest BCUT2D eigenvalue weighted by Crippen LogP contribution is 2.48. The number of nitrogens with zero attached hydrogens (tertiary/aromatic N) is 1. The van der Waals surface area contributed by atoms with Gasteiger partial charge in [-0.25, -0.2) is 9.59 Å². The number of fused-ring (bicyclic) bond motifs is 1. The van der Waals surface area contributed by atoms with Gasteiger partial charge in [0.1, 0.15) is 18.3 Å². The Morgan fingerprint density at radius 2 is 1.68 bits per heavy atom. The normalized spacial score (nSPS) is 25.9. The van der Waals surface area contributed by atoms with Gasteiger partial charge in [-0.1, -0.05) is 55.4 Å². The van der Waals surface area contributed by atoms with E-state index in [0.29, 0.717) is 0 Å². The summed E-state index contributed by atoms with van der Waals surface area (Å²) in [5, 5.41) is 0. The second kappa shape index (κ2) is 12.5. The van der Waals surface area contributed by atoms with Gasteiger partial charge in [0.2, 0.25) is 5.76 Å². The van der Waals surface area contributed by atoms with Crippen molar-refractivity contribution in [3.63, 3.8) is 0 Å². The Labute approximate surface area is 241 Å². The number of furan rings is 1. The predicted octanol–water partition coefficient (Wildman–Crippen LogP) is 4.18. The molecule has 2 saturated heterocycles. The summed E-state index contributed by atoms with van der Waals surface area (Å²) in [7, 11) is -5.89. The molecule has 0 radical (unpaired) electrons. The van der Waals surface area contributed by atoms with E-state index in [1.165, 1.54) is 29.2 Å². The zero-order chi connectivity index (χ0) is 30.1. The number of ether oxygens (including phenoxy) is 3. The number of esters is 1. The highest BCUT2D eigenvalue weighted by molar-refractivity contribution is 6.84. The summed E-state index contributed by atoms with van der Waals surface area (Å²) in [4.78, 5) is 39.4. The smallest absolute Gasteiger partial charge is 0.376 e. The van der Waals surface area contributed by atoms with Crippen LogP contribution in [0.5, 0.6) is 0 Å². The molecule has 4 heterocycles. The van der Waals surface area contributed by atoms with Crippen LogP contribution in [0.3, 0.4) is 0 Å². The van der Waals surface area contributed by atoms with Crippen LogP contribution in [-0.2, 0) is 27.2 Å². The summed E-state index contributed by atoms with van der Waals surface area (Å²) in [6.45, 7) is 16.6. The molecule has 0 amide bonds. The van der Waals surface area contributed by atoms with Crippen molar-refractivity contribution in [1.82, 2.24) is 9.55 Å². The monoisotopic (exact) mass is 610 g/mol. The number of rotatable bonds is 9. The van der Waals surface area contributed by atoms with E-state index in [0.717, 1.165) is 0 Å². The number of hydrogen-bond donors (Lipinski definition) is 1. The minimum Gasteiger partial charge on any atom is -0.457 e. The van der Waals surface area contributed by atoms with Crippen molar-refractivity contribution in [1.29, 1.82) is 0 Å². The Morgan fingerprint density at radius 1 is 1.02 bits per heavy atom. The molecule has 0 saturated carbocycles. The fraction of sp³-hybridized carbons (Fsp3) is 0.667. The SMILES string of the molecule is CC(C)[Si]1(C(C)C)OC[C@H]2O[C@@H](n3ccc(=O)[nH]c3=O)[C@H](OCOC(=O)c3ccco3)[C@@H]2O[Si](C(C)C)(C(C)C)O1. The van der Waals surface area contributed by atoms with E-state index in [4.69, 9.17) is 31.6 Å². The zero-order valence-electron chi connectivity index (χ0n) is 24.9. The lowest BCUT2D eigenvalue weighted by Gasteiger charge is -2.51.